The molecular weight excluding hydrogens is 244 g/mol. The van der Waals surface area contributed by atoms with Crippen LogP contribution in [-0.4, -0.2) is 35.1 Å². The predicted octanol–water partition coefficient (Wildman–Crippen LogP) is 2.71. The molecule has 5 nitrogen and oxygen atoms in total. The molecule has 0 spiro atoms. The maximum absolute atomic E-state index is 12.1. The van der Waals surface area contributed by atoms with Crippen LogP contribution in [0.25, 0.3) is 0 Å². The quantitative estimate of drug-likeness (QED) is 0.880. The van der Waals surface area contributed by atoms with Crippen LogP contribution < -0.4 is 5.32 Å². The molecule has 2 amide bonds. The summed E-state index contributed by atoms with van der Waals surface area (Å²) in [5.41, 5.74) is 1.14. The highest BCUT2D eigenvalue weighted by molar-refractivity contribution is 6.01. The number of benzene rings is 1. The fraction of sp³-hybridized carbons (Fsp3) is 0.429. The Morgan fingerprint density at radius 2 is 2.05 bits per heavy atom. The number of carboxylic acid groups (broad SMARTS) is 1. The normalized spacial score (nSPS) is 14.6. The Morgan fingerprint density at radius 1 is 1.37 bits per heavy atom. The zero-order chi connectivity index (χ0) is 14.0. The largest absolute Gasteiger partial charge is 0.478 e. The Labute approximate surface area is 112 Å². The Bertz CT molecular complexity index is 509. The number of hydrogen-bond acceptors (Lipinski definition) is 2. The van der Waals surface area contributed by atoms with E-state index in [1.807, 2.05) is 0 Å². The molecule has 1 aromatic carbocycles. The molecule has 0 saturated heterocycles. The van der Waals surface area contributed by atoms with E-state index in [4.69, 9.17) is 0 Å². The second kappa shape index (κ2) is 5.30. The fourth-order valence-corrected chi connectivity index (χ4v) is 2.20. The van der Waals surface area contributed by atoms with Crippen LogP contribution >= 0.6 is 0 Å². The molecule has 0 radical (unpaired) electrons. The molecule has 1 aliphatic rings. The van der Waals surface area contributed by atoms with Gasteiger partial charge in [0.15, 0.2) is 0 Å². The summed E-state index contributed by atoms with van der Waals surface area (Å²) >= 11 is 0. The number of aryl methyl sites for hydroxylation is 1. The number of aromatic carboxylic acids is 1. The Kier molecular flexibility index (Phi) is 3.74. The molecule has 19 heavy (non-hydrogen) atoms. The van der Waals surface area contributed by atoms with Crippen molar-refractivity contribution in [1.82, 2.24) is 4.90 Å². The summed E-state index contributed by atoms with van der Waals surface area (Å²) in [4.78, 5) is 24.9. The van der Waals surface area contributed by atoms with Crippen LogP contribution in [0, 0.1) is 6.92 Å². The van der Waals surface area contributed by atoms with Gasteiger partial charge in [0.05, 0.1) is 11.3 Å². The molecule has 0 aliphatic heterocycles. The molecule has 1 aliphatic carbocycles. The number of carbonyl (C=O) groups is 2. The third kappa shape index (κ3) is 2.70. The van der Waals surface area contributed by atoms with E-state index < -0.39 is 5.97 Å². The number of rotatable bonds is 3. The van der Waals surface area contributed by atoms with Gasteiger partial charge in [0, 0.05) is 13.1 Å². The van der Waals surface area contributed by atoms with Crippen LogP contribution in [0.5, 0.6) is 0 Å². The SMILES string of the molecule is Cc1cccc(NC(=O)N(C)C2CCC2)c1C(=O)O. The molecule has 0 unspecified atom stereocenters. The summed E-state index contributed by atoms with van der Waals surface area (Å²) in [6.07, 6.45) is 3.18. The zero-order valence-corrected chi connectivity index (χ0v) is 11.1. The van der Waals surface area contributed by atoms with Gasteiger partial charge in [-0.1, -0.05) is 12.1 Å². The zero-order valence-electron chi connectivity index (χ0n) is 11.1. The van der Waals surface area contributed by atoms with Crippen molar-refractivity contribution >= 4 is 17.7 Å². The number of nitrogens with one attached hydrogen (secondary N) is 1. The van der Waals surface area contributed by atoms with Crippen molar-refractivity contribution < 1.29 is 14.7 Å². The van der Waals surface area contributed by atoms with E-state index in [1.165, 1.54) is 0 Å². The Morgan fingerprint density at radius 3 is 2.58 bits per heavy atom. The Balaban J connectivity index is 2.16. The predicted molar refractivity (Wildman–Crippen MR) is 72.6 cm³/mol. The summed E-state index contributed by atoms with van der Waals surface area (Å²) in [6, 6.07) is 5.09. The number of hydrogen-bond donors (Lipinski definition) is 2. The number of nitrogens with zero attached hydrogens (tertiary/aromatic N) is 1. The molecule has 5 heteroatoms. The lowest BCUT2D eigenvalue weighted by Crippen LogP contribution is -2.43. The number of amides is 2. The van der Waals surface area contributed by atoms with Crippen molar-refractivity contribution in [2.45, 2.75) is 32.2 Å². The van der Waals surface area contributed by atoms with Crippen molar-refractivity contribution in [2.75, 3.05) is 12.4 Å². The highest BCUT2D eigenvalue weighted by Gasteiger charge is 2.26. The smallest absolute Gasteiger partial charge is 0.338 e. The lowest BCUT2D eigenvalue weighted by atomic mass is 9.92. The van der Waals surface area contributed by atoms with E-state index in [0.29, 0.717) is 11.3 Å². The van der Waals surface area contributed by atoms with Crippen molar-refractivity contribution in [2.24, 2.45) is 0 Å². The van der Waals surface area contributed by atoms with Gasteiger partial charge in [0.2, 0.25) is 0 Å². The van der Waals surface area contributed by atoms with E-state index in [-0.39, 0.29) is 17.6 Å². The highest BCUT2D eigenvalue weighted by atomic mass is 16.4. The van der Waals surface area contributed by atoms with Crippen LogP contribution in [-0.2, 0) is 0 Å². The first kappa shape index (κ1) is 13.4. The number of anilines is 1. The van der Waals surface area contributed by atoms with Crippen molar-refractivity contribution in [3.05, 3.63) is 29.3 Å². The van der Waals surface area contributed by atoms with E-state index in [2.05, 4.69) is 5.32 Å². The molecule has 1 saturated carbocycles. The van der Waals surface area contributed by atoms with Crippen LogP contribution in [0.4, 0.5) is 10.5 Å². The topological polar surface area (TPSA) is 69.6 Å². The van der Waals surface area contributed by atoms with Crippen LogP contribution in [0.3, 0.4) is 0 Å². The number of carboxylic acids is 1. The fourth-order valence-electron chi connectivity index (χ4n) is 2.20. The van der Waals surface area contributed by atoms with Gasteiger partial charge in [0.25, 0.3) is 0 Å². The molecule has 102 valence electrons. The monoisotopic (exact) mass is 262 g/mol. The summed E-state index contributed by atoms with van der Waals surface area (Å²) in [6.45, 7) is 1.72. The lowest BCUT2D eigenvalue weighted by Gasteiger charge is -2.34. The number of urea groups is 1. The van der Waals surface area contributed by atoms with Crippen LogP contribution in [0.1, 0.15) is 35.2 Å². The Hall–Kier alpha value is -2.04. The van der Waals surface area contributed by atoms with E-state index in [1.54, 1.807) is 37.1 Å². The minimum absolute atomic E-state index is 0.151. The molecule has 0 atom stereocenters. The third-order valence-corrected chi connectivity index (χ3v) is 3.67. The highest BCUT2D eigenvalue weighted by Crippen LogP contribution is 2.25. The minimum Gasteiger partial charge on any atom is -0.478 e. The first-order valence-electron chi connectivity index (χ1n) is 6.37. The third-order valence-electron chi connectivity index (χ3n) is 3.67. The van der Waals surface area contributed by atoms with Gasteiger partial charge in [-0.25, -0.2) is 9.59 Å². The van der Waals surface area contributed by atoms with Crippen molar-refractivity contribution in [3.8, 4) is 0 Å². The van der Waals surface area contributed by atoms with Gasteiger partial charge >= 0.3 is 12.0 Å². The van der Waals surface area contributed by atoms with Gasteiger partial charge in [-0.15, -0.1) is 0 Å². The first-order chi connectivity index (χ1) is 9.00. The van der Waals surface area contributed by atoms with Crippen LogP contribution in [0.15, 0.2) is 18.2 Å². The van der Waals surface area contributed by atoms with Gasteiger partial charge in [-0.3, -0.25) is 0 Å². The lowest BCUT2D eigenvalue weighted by molar-refractivity contribution is 0.0697. The molecule has 2 rings (SSSR count). The first-order valence-corrected chi connectivity index (χ1v) is 6.37. The molecule has 0 bridgehead atoms. The summed E-state index contributed by atoms with van der Waals surface area (Å²) in [5.74, 6) is -1.03. The number of carbonyl (C=O) groups excluding carboxylic acids is 1. The van der Waals surface area contributed by atoms with E-state index in [0.717, 1.165) is 19.3 Å². The van der Waals surface area contributed by atoms with Gasteiger partial charge in [0.1, 0.15) is 0 Å². The summed E-state index contributed by atoms with van der Waals surface area (Å²) < 4.78 is 0. The molecule has 1 aromatic rings. The molecule has 2 N–H and O–H groups in total. The maximum Gasteiger partial charge on any atom is 0.338 e. The average Bonchev–Trinajstić information content (AvgIpc) is 2.25. The summed E-state index contributed by atoms with van der Waals surface area (Å²) in [5, 5.41) is 11.9. The second-order valence-corrected chi connectivity index (χ2v) is 4.93. The van der Waals surface area contributed by atoms with Gasteiger partial charge in [-0.05, 0) is 37.8 Å². The standard InChI is InChI=1S/C14H18N2O3/c1-9-5-3-8-11(12(9)13(17)18)15-14(19)16(2)10-6-4-7-10/h3,5,8,10H,4,6-7H2,1-2H3,(H,15,19)(H,17,18). The molecule has 0 aromatic heterocycles. The minimum atomic E-state index is -1.03. The molecular formula is C14H18N2O3. The second-order valence-electron chi connectivity index (χ2n) is 4.93. The van der Waals surface area contributed by atoms with Crippen molar-refractivity contribution in [1.29, 1.82) is 0 Å². The summed E-state index contributed by atoms with van der Waals surface area (Å²) in [7, 11) is 1.75. The van der Waals surface area contributed by atoms with E-state index >= 15 is 0 Å². The van der Waals surface area contributed by atoms with Crippen LogP contribution in [0.2, 0.25) is 0 Å². The van der Waals surface area contributed by atoms with Crippen molar-refractivity contribution in [3.63, 3.8) is 0 Å². The van der Waals surface area contributed by atoms with Gasteiger partial charge < -0.3 is 15.3 Å². The van der Waals surface area contributed by atoms with Gasteiger partial charge in [-0.2, -0.15) is 0 Å². The average molecular weight is 262 g/mol. The molecule has 1 fully saturated rings. The molecule has 0 heterocycles. The van der Waals surface area contributed by atoms with E-state index in [9.17, 15) is 14.7 Å². The maximum atomic E-state index is 12.1.